The van der Waals surface area contributed by atoms with Gasteiger partial charge in [0.2, 0.25) is 0 Å². The number of hydrogen-bond donors (Lipinski definition) is 0. The number of ether oxygens (including phenoxy) is 1. The Kier molecular flexibility index (Phi) is 5.15. The first-order chi connectivity index (χ1) is 10.9. The molecule has 0 fully saturated rings. The maximum atomic E-state index is 13.8. The molecular formula is C17H17FO4S. The van der Waals surface area contributed by atoms with Crippen LogP contribution in [0.5, 0.6) is 0 Å². The Hall–Kier alpha value is -2.21. The van der Waals surface area contributed by atoms with Gasteiger partial charge in [0, 0.05) is 11.3 Å². The monoisotopic (exact) mass is 336 g/mol. The van der Waals surface area contributed by atoms with Crippen molar-refractivity contribution in [3.63, 3.8) is 0 Å². The van der Waals surface area contributed by atoms with Crippen molar-refractivity contribution in [1.29, 1.82) is 0 Å². The van der Waals surface area contributed by atoms with E-state index in [-0.39, 0.29) is 11.6 Å². The molecule has 23 heavy (non-hydrogen) atoms. The van der Waals surface area contributed by atoms with Crippen LogP contribution in [-0.2, 0) is 19.4 Å². The van der Waals surface area contributed by atoms with Crippen LogP contribution < -0.4 is 0 Å². The van der Waals surface area contributed by atoms with Gasteiger partial charge in [0.1, 0.15) is 5.82 Å². The van der Waals surface area contributed by atoms with Crippen molar-refractivity contribution in [3.8, 4) is 11.1 Å². The lowest BCUT2D eigenvalue weighted by Gasteiger charge is -2.15. The van der Waals surface area contributed by atoms with Gasteiger partial charge >= 0.3 is 5.97 Å². The van der Waals surface area contributed by atoms with E-state index >= 15 is 0 Å². The molecule has 6 heteroatoms. The predicted molar refractivity (Wildman–Crippen MR) is 86.1 cm³/mol. The summed E-state index contributed by atoms with van der Waals surface area (Å²) in [6.45, 7) is 1.47. The third-order valence-corrected chi connectivity index (χ3v) is 5.56. The minimum Gasteiger partial charge on any atom is -0.468 e. The average molecular weight is 336 g/mol. The number of rotatable bonds is 5. The van der Waals surface area contributed by atoms with Crippen molar-refractivity contribution in [2.45, 2.75) is 12.2 Å². The first-order valence-corrected chi connectivity index (χ1v) is 8.76. The number of methoxy groups -OCH3 is 1. The van der Waals surface area contributed by atoms with Gasteiger partial charge < -0.3 is 4.74 Å². The zero-order valence-corrected chi connectivity index (χ0v) is 13.6. The molecule has 0 radical (unpaired) electrons. The highest BCUT2D eigenvalue weighted by atomic mass is 32.2. The third-order valence-electron chi connectivity index (χ3n) is 3.58. The van der Waals surface area contributed by atoms with E-state index in [1.807, 2.05) is 0 Å². The number of esters is 1. The molecule has 1 atom stereocenters. The van der Waals surface area contributed by atoms with Crippen LogP contribution in [0, 0.1) is 5.82 Å². The van der Waals surface area contributed by atoms with E-state index in [0.717, 1.165) is 7.11 Å². The summed E-state index contributed by atoms with van der Waals surface area (Å²) < 4.78 is 42.7. The summed E-state index contributed by atoms with van der Waals surface area (Å²) in [7, 11) is -2.51. The Bertz CT molecular complexity index is 798. The minimum absolute atomic E-state index is 0.179. The molecule has 122 valence electrons. The second-order valence-electron chi connectivity index (χ2n) is 4.96. The van der Waals surface area contributed by atoms with E-state index in [1.54, 1.807) is 30.3 Å². The maximum absolute atomic E-state index is 13.8. The molecule has 0 N–H and O–H groups in total. The molecule has 0 saturated heterocycles. The largest absolute Gasteiger partial charge is 0.468 e. The van der Waals surface area contributed by atoms with Crippen molar-refractivity contribution >= 4 is 15.8 Å². The van der Waals surface area contributed by atoms with Gasteiger partial charge in [-0.3, -0.25) is 4.79 Å². The highest BCUT2D eigenvalue weighted by Crippen LogP contribution is 2.28. The first-order valence-electron chi connectivity index (χ1n) is 7.05. The first kappa shape index (κ1) is 17.1. The van der Waals surface area contributed by atoms with Crippen LogP contribution in [-0.4, -0.2) is 27.2 Å². The Labute approximate surface area is 134 Å². The van der Waals surface area contributed by atoms with Gasteiger partial charge in [-0.25, -0.2) is 12.8 Å². The summed E-state index contributed by atoms with van der Waals surface area (Å²) in [6, 6.07) is 12.5. The number of sulfone groups is 1. The summed E-state index contributed by atoms with van der Waals surface area (Å²) in [6.07, 6.45) is 0. The number of hydrogen-bond acceptors (Lipinski definition) is 4. The second-order valence-corrected chi connectivity index (χ2v) is 7.33. The number of halogens is 1. The van der Waals surface area contributed by atoms with Crippen LogP contribution >= 0.6 is 0 Å². The molecule has 2 aromatic carbocycles. The number of carbonyl (C=O) groups excluding carboxylic acids is 1. The van der Waals surface area contributed by atoms with E-state index < -0.39 is 21.1 Å². The van der Waals surface area contributed by atoms with Gasteiger partial charge in [0.15, 0.2) is 15.1 Å². The van der Waals surface area contributed by atoms with Gasteiger partial charge in [-0.15, -0.1) is 0 Å². The van der Waals surface area contributed by atoms with Crippen molar-refractivity contribution in [1.82, 2.24) is 0 Å². The summed E-state index contributed by atoms with van der Waals surface area (Å²) in [5.41, 5.74) is 1.31. The molecule has 0 aromatic heterocycles. The Morgan fingerprint density at radius 3 is 2.26 bits per heavy atom. The molecular weight excluding hydrogens is 319 g/mol. The van der Waals surface area contributed by atoms with Crippen molar-refractivity contribution in [2.24, 2.45) is 0 Å². The summed E-state index contributed by atoms with van der Waals surface area (Å²) >= 11 is 0. The third kappa shape index (κ3) is 3.59. The SMILES string of the molecule is CCS(=O)(=O)C(C(=O)OC)c1ccc(-c2ccccc2F)cc1. The normalized spacial score (nSPS) is 12.7. The molecule has 0 heterocycles. The molecule has 2 rings (SSSR count). The summed E-state index contributed by atoms with van der Waals surface area (Å²) in [4.78, 5) is 11.9. The minimum atomic E-state index is -3.66. The molecule has 0 aliphatic rings. The highest BCUT2D eigenvalue weighted by molar-refractivity contribution is 7.92. The van der Waals surface area contributed by atoms with Gasteiger partial charge in [-0.1, -0.05) is 49.4 Å². The van der Waals surface area contributed by atoms with Crippen LogP contribution in [0.15, 0.2) is 48.5 Å². The standard InChI is InChI=1S/C17H17FO4S/c1-3-23(20,21)16(17(19)22-2)13-10-8-12(9-11-13)14-6-4-5-7-15(14)18/h4-11,16H,3H2,1-2H3. The molecule has 0 spiro atoms. The van der Waals surface area contributed by atoms with Crippen molar-refractivity contribution < 1.29 is 22.3 Å². The van der Waals surface area contributed by atoms with E-state index in [4.69, 9.17) is 0 Å². The molecule has 0 amide bonds. The lowest BCUT2D eigenvalue weighted by Crippen LogP contribution is -2.24. The zero-order valence-electron chi connectivity index (χ0n) is 12.8. The van der Waals surface area contributed by atoms with Crippen molar-refractivity contribution in [2.75, 3.05) is 12.9 Å². The topological polar surface area (TPSA) is 60.4 Å². The van der Waals surface area contributed by atoms with E-state index in [2.05, 4.69) is 4.74 Å². The lowest BCUT2D eigenvalue weighted by molar-refractivity contribution is -0.140. The fourth-order valence-electron chi connectivity index (χ4n) is 2.30. The summed E-state index contributed by atoms with van der Waals surface area (Å²) in [5, 5.41) is -1.37. The van der Waals surface area contributed by atoms with Gasteiger partial charge in [-0.05, 0) is 17.2 Å². The Balaban J connectivity index is 2.44. The highest BCUT2D eigenvalue weighted by Gasteiger charge is 2.33. The fourth-order valence-corrected chi connectivity index (χ4v) is 3.59. The molecule has 0 aliphatic heterocycles. The smallest absolute Gasteiger partial charge is 0.328 e. The zero-order chi connectivity index (χ0) is 17.0. The van der Waals surface area contributed by atoms with Crippen LogP contribution in [0.3, 0.4) is 0 Å². The molecule has 1 unspecified atom stereocenters. The van der Waals surface area contributed by atoms with E-state index in [1.165, 1.54) is 25.1 Å². The lowest BCUT2D eigenvalue weighted by atomic mass is 10.0. The van der Waals surface area contributed by atoms with Crippen LogP contribution in [0.25, 0.3) is 11.1 Å². The molecule has 2 aromatic rings. The van der Waals surface area contributed by atoms with Gasteiger partial charge in [-0.2, -0.15) is 0 Å². The predicted octanol–water partition coefficient (Wildman–Crippen LogP) is 3.14. The summed E-state index contributed by atoms with van der Waals surface area (Å²) in [5.74, 6) is -1.38. The average Bonchev–Trinajstić information content (AvgIpc) is 2.56. The van der Waals surface area contributed by atoms with Gasteiger partial charge in [0.05, 0.1) is 7.11 Å². The van der Waals surface area contributed by atoms with E-state index in [0.29, 0.717) is 16.7 Å². The van der Waals surface area contributed by atoms with Crippen molar-refractivity contribution in [3.05, 3.63) is 59.9 Å². The molecule has 0 bridgehead atoms. The number of benzene rings is 2. The van der Waals surface area contributed by atoms with Crippen LogP contribution in [0.4, 0.5) is 4.39 Å². The van der Waals surface area contributed by atoms with Gasteiger partial charge in [0.25, 0.3) is 0 Å². The van der Waals surface area contributed by atoms with E-state index in [9.17, 15) is 17.6 Å². The second kappa shape index (κ2) is 6.91. The quantitative estimate of drug-likeness (QED) is 0.787. The van der Waals surface area contributed by atoms with Crippen LogP contribution in [0.1, 0.15) is 17.7 Å². The molecule has 0 saturated carbocycles. The van der Waals surface area contributed by atoms with Crippen LogP contribution in [0.2, 0.25) is 0 Å². The maximum Gasteiger partial charge on any atom is 0.328 e. The number of carbonyl (C=O) groups is 1. The molecule has 4 nitrogen and oxygen atoms in total. The Morgan fingerprint density at radius 2 is 1.74 bits per heavy atom. The fraction of sp³-hybridized carbons (Fsp3) is 0.235. The molecule has 0 aliphatic carbocycles. The Morgan fingerprint density at radius 1 is 1.13 bits per heavy atom.